The number of nitro groups is 1. The maximum atomic E-state index is 13.2. The first-order valence-corrected chi connectivity index (χ1v) is 10.1. The van der Waals surface area contributed by atoms with Gasteiger partial charge >= 0.3 is 0 Å². The van der Waals surface area contributed by atoms with Crippen LogP contribution in [-0.2, 0) is 5.75 Å². The highest BCUT2D eigenvalue weighted by molar-refractivity contribution is 8.00. The van der Waals surface area contributed by atoms with Gasteiger partial charge in [0.1, 0.15) is 11.4 Å². The number of thioether (sulfide) groups is 1. The number of anilines is 1. The van der Waals surface area contributed by atoms with E-state index in [1.54, 1.807) is 12.1 Å². The third-order valence-electron chi connectivity index (χ3n) is 3.82. The smallest absolute Gasteiger partial charge is 0.286 e. The van der Waals surface area contributed by atoms with Gasteiger partial charge in [-0.15, -0.1) is 10.2 Å². The highest BCUT2D eigenvalue weighted by Crippen LogP contribution is 2.35. The van der Waals surface area contributed by atoms with E-state index in [9.17, 15) is 19.3 Å². The van der Waals surface area contributed by atoms with Crippen LogP contribution in [0.3, 0.4) is 0 Å². The van der Waals surface area contributed by atoms with Gasteiger partial charge in [-0.2, -0.15) is 0 Å². The Bertz CT molecular complexity index is 1090. The summed E-state index contributed by atoms with van der Waals surface area (Å²) < 4.78 is 24.0. The van der Waals surface area contributed by atoms with Crippen molar-refractivity contribution in [2.24, 2.45) is 0 Å². The van der Waals surface area contributed by atoms with Crippen LogP contribution in [-0.4, -0.2) is 35.2 Å². The molecule has 0 saturated heterocycles. The van der Waals surface area contributed by atoms with Crippen LogP contribution in [0.2, 0.25) is 0 Å². The predicted molar refractivity (Wildman–Crippen MR) is 110 cm³/mol. The molecule has 0 unspecified atom stereocenters. The molecule has 156 valence electrons. The standard InChI is InChI=1S/C18H15FN4O5S2/c1-27-14-7-12(13(23(25)26)8-15(14)28-2)16(24)20-17-21-22-18(30-17)29-9-10-4-3-5-11(19)6-10/h3-8H,9H2,1-2H3,(H,20,21,24). The summed E-state index contributed by atoms with van der Waals surface area (Å²) in [6.45, 7) is 0. The minimum Gasteiger partial charge on any atom is -0.493 e. The summed E-state index contributed by atoms with van der Waals surface area (Å²) in [5.41, 5.74) is 0.138. The number of amides is 1. The number of carbonyl (C=O) groups excluding carboxylic acids is 1. The molecule has 0 aliphatic heterocycles. The van der Waals surface area contributed by atoms with Gasteiger partial charge in [-0.25, -0.2) is 4.39 Å². The topological polar surface area (TPSA) is 116 Å². The van der Waals surface area contributed by atoms with Crippen LogP contribution >= 0.6 is 23.1 Å². The summed E-state index contributed by atoms with van der Waals surface area (Å²) >= 11 is 2.43. The number of nitro benzene ring substituents is 1. The lowest BCUT2D eigenvalue weighted by molar-refractivity contribution is -0.385. The maximum Gasteiger partial charge on any atom is 0.286 e. The highest BCUT2D eigenvalue weighted by Gasteiger charge is 2.25. The van der Waals surface area contributed by atoms with Gasteiger partial charge in [0.05, 0.1) is 25.2 Å². The number of nitrogens with zero attached hydrogens (tertiary/aromatic N) is 3. The van der Waals surface area contributed by atoms with Gasteiger partial charge in [0.25, 0.3) is 11.6 Å². The number of aromatic nitrogens is 2. The van der Waals surface area contributed by atoms with E-state index in [4.69, 9.17) is 9.47 Å². The number of halogens is 1. The monoisotopic (exact) mass is 450 g/mol. The molecule has 0 aliphatic rings. The summed E-state index contributed by atoms with van der Waals surface area (Å²) in [5, 5.41) is 21.9. The molecule has 0 bridgehead atoms. The molecule has 3 aromatic rings. The first kappa shape index (κ1) is 21.5. The molecule has 0 fully saturated rings. The highest BCUT2D eigenvalue weighted by atomic mass is 32.2. The van der Waals surface area contributed by atoms with Crippen molar-refractivity contribution in [2.75, 3.05) is 19.5 Å². The Morgan fingerprint density at radius 1 is 1.23 bits per heavy atom. The molecule has 9 nitrogen and oxygen atoms in total. The van der Waals surface area contributed by atoms with Gasteiger partial charge in [0.15, 0.2) is 15.8 Å². The fourth-order valence-electron chi connectivity index (χ4n) is 2.46. The van der Waals surface area contributed by atoms with Crippen molar-refractivity contribution in [1.82, 2.24) is 10.2 Å². The van der Waals surface area contributed by atoms with E-state index in [0.717, 1.165) is 23.0 Å². The molecule has 2 aromatic carbocycles. The van der Waals surface area contributed by atoms with E-state index < -0.39 is 16.5 Å². The average Bonchev–Trinajstić information content (AvgIpc) is 3.18. The zero-order chi connectivity index (χ0) is 21.7. The van der Waals surface area contributed by atoms with E-state index in [-0.39, 0.29) is 28.0 Å². The zero-order valence-corrected chi connectivity index (χ0v) is 17.4. The Morgan fingerprint density at radius 3 is 2.63 bits per heavy atom. The molecular formula is C18H15FN4O5S2. The normalized spacial score (nSPS) is 10.5. The molecule has 0 saturated carbocycles. The van der Waals surface area contributed by atoms with Crippen LogP contribution in [0.4, 0.5) is 15.2 Å². The molecule has 1 amide bonds. The predicted octanol–water partition coefficient (Wildman–Crippen LogP) is 4.15. The Labute approximate surface area is 178 Å². The van der Waals surface area contributed by atoms with Crippen LogP contribution in [0.15, 0.2) is 40.7 Å². The molecule has 0 radical (unpaired) electrons. The Hall–Kier alpha value is -3.25. The zero-order valence-electron chi connectivity index (χ0n) is 15.7. The number of ether oxygens (including phenoxy) is 2. The SMILES string of the molecule is COc1cc(C(=O)Nc2nnc(SCc3cccc(F)c3)s2)c([N+](=O)[O-])cc1OC. The summed E-state index contributed by atoms with van der Waals surface area (Å²) in [6, 6.07) is 8.54. The number of benzene rings is 2. The van der Waals surface area contributed by atoms with Crippen molar-refractivity contribution in [1.29, 1.82) is 0 Å². The summed E-state index contributed by atoms with van der Waals surface area (Å²) in [6.07, 6.45) is 0. The lowest BCUT2D eigenvalue weighted by Crippen LogP contribution is -2.14. The van der Waals surface area contributed by atoms with E-state index in [1.165, 1.54) is 44.2 Å². The van der Waals surface area contributed by atoms with Crippen molar-refractivity contribution in [3.05, 3.63) is 63.5 Å². The first-order valence-electron chi connectivity index (χ1n) is 8.33. The van der Waals surface area contributed by atoms with E-state index in [2.05, 4.69) is 15.5 Å². The molecule has 1 N–H and O–H groups in total. The quantitative estimate of drug-likeness (QED) is 0.235. The minimum absolute atomic E-state index is 0.132. The lowest BCUT2D eigenvalue weighted by atomic mass is 10.1. The lowest BCUT2D eigenvalue weighted by Gasteiger charge is -2.10. The summed E-state index contributed by atoms with van der Waals surface area (Å²) in [5.74, 6) is -0.276. The number of hydrogen-bond acceptors (Lipinski definition) is 9. The van der Waals surface area contributed by atoms with Crippen molar-refractivity contribution in [3.8, 4) is 11.5 Å². The van der Waals surface area contributed by atoms with Gasteiger partial charge in [-0.3, -0.25) is 20.2 Å². The minimum atomic E-state index is -0.736. The second-order valence-electron chi connectivity index (χ2n) is 5.73. The number of rotatable bonds is 8. The van der Waals surface area contributed by atoms with E-state index >= 15 is 0 Å². The van der Waals surface area contributed by atoms with Gasteiger partial charge in [-0.1, -0.05) is 35.2 Å². The Kier molecular flexibility index (Phi) is 6.79. The third kappa shape index (κ3) is 5.02. The fourth-order valence-corrected chi connectivity index (χ4v) is 4.15. The van der Waals surface area contributed by atoms with Crippen molar-refractivity contribution >= 4 is 39.8 Å². The molecular weight excluding hydrogens is 435 g/mol. The molecule has 12 heteroatoms. The van der Waals surface area contributed by atoms with Crippen LogP contribution in [0.25, 0.3) is 0 Å². The fraction of sp³-hybridized carbons (Fsp3) is 0.167. The molecule has 0 aliphatic carbocycles. The largest absolute Gasteiger partial charge is 0.493 e. The Balaban J connectivity index is 1.74. The summed E-state index contributed by atoms with van der Waals surface area (Å²) in [4.78, 5) is 23.3. The van der Waals surface area contributed by atoms with E-state index in [0.29, 0.717) is 10.1 Å². The van der Waals surface area contributed by atoms with Crippen LogP contribution in [0, 0.1) is 15.9 Å². The second-order valence-corrected chi connectivity index (χ2v) is 7.93. The summed E-state index contributed by atoms with van der Waals surface area (Å²) in [7, 11) is 2.70. The molecule has 0 atom stereocenters. The average molecular weight is 450 g/mol. The van der Waals surface area contributed by atoms with Gasteiger partial charge in [-0.05, 0) is 17.7 Å². The number of methoxy groups -OCH3 is 2. The number of hydrogen-bond donors (Lipinski definition) is 1. The van der Waals surface area contributed by atoms with Crippen molar-refractivity contribution < 1.29 is 23.6 Å². The van der Waals surface area contributed by atoms with E-state index in [1.807, 2.05) is 0 Å². The van der Waals surface area contributed by atoms with Crippen LogP contribution in [0.5, 0.6) is 11.5 Å². The maximum absolute atomic E-state index is 13.2. The number of carbonyl (C=O) groups is 1. The molecule has 1 heterocycles. The molecule has 3 rings (SSSR count). The van der Waals surface area contributed by atoms with Gasteiger partial charge < -0.3 is 9.47 Å². The van der Waals surface area contributed by atoms with Gasteiger partial charge in [0.2, 0.25) is 5.13 Å². The molecule has 30 heavy (non-hydrogen) atoms. The molecule has 0 spiro atoms. The van der Waals surface area contributed by atoms with Crippen LogP contribution < -0.4 is 14.8 Å². The second kappa shape index (κ2) is 9.50. The van der Waals surface area contributed by atoms with Crippen LogP contribution in [0.1, 0.15) is 15.9 Å². The van der Waals surface area contributed by atoms with Crippen molar-refractivity contribution in [3.63, 3.8) is 0 Å². The van der Waals surface area contributed by atoms with Crippen molar-refractivity contribution in [2.45, 2.75) is 10.1 Å². The third-order valence-corrected chi connectivity index (χ3v) is 5.86. The Morgan fingerprint density at radius 2 is 1.97 bits per heavy atom. The first-order chi connectivity index (χ1) is 14.4. The molecule has 1 aromatic heterocycles. The van der Waals surface area contributed by atoms with Gasteiger partial charge in [0, 0.05) is 11.8 Å². The number of nitrogens with one attached hydrogen (secondary N) is 1.